The molecule has 0 amide bonds. The van der Waals surface area contributed by atoms with E-state index in [0.717, 1.165) is 50.3 Å². The van der Waals surface area contributed by atoms with Crippen LogP contribution in [0.3, 0.4) is 0 Å². The molecule has 2 N–H and O–H groups in total. The first kappa shape index (κ1) is 19.1. The maximum absolute atomic E-state index is 5.34. The van der Waals surface area contributed by atoms with Gasteiger partial charge in [0.25, 0.3) is 0 Å². The smallest absolute Gasteiger partial charge is 0.232 e. The van der Waals surface area contributed by atoms with E-state index >= 15 is 0 Å². The van der Waals surface area contributed by atoms with Gasteiger partial charge in [-0.2, -0.15) is 9.97 Å². The summed E-state index contributed by atoms with van der Waals surface area (Å²) in [6, 6.07) is 2.16. The molecule has 2 saturated heterocycles. The van der Waals surface area contributed by atoms with Crippen LogP contribution in [0.4, 0.5) is 17.6 Å². The highest BCUT2D eigenvalue weighted by Gasteiger charge is 2.22. The van der Waals surface area contributed by atoms with Gasteiger partial charge in [-0.15, -0.1) is 0 Å². The molecule has 0 aromatic carbocycles. The second-order valence-corrected chi connectivity index (χ2v) is 8.16. The Labute approximate surface area is 162 Å². The first-order valence-corrected chi connectivity index (χ1v) is 10.4. The lowest BCUT2D eigenvalue weighted by molar-refractivity contribution is 0.435. The number of thiocarbonyl (C=S) groups is 1. The Morgan fingerprint density at radius 2 is 1.77 bits per heavy atom. The van der Waals surface area contributed by atoms with Crippen LogP contribution >= 0.6 is 12.2 Å². The molecule has 0 bridgehead atoms. The molecule has 144 valence electrons. The van der Waals surface area contributed by atoms with Crippen LogP contribution in [0.2, 0.25) is 0 Å². The fraction of sp³-hybridized carbons (Fsp3) is 0.737. The van der Waals surface area contributed by atoms with Gasteiger partial charge in [0, 0.05) is 38.8 Å². The first-order valence-electron chi connectivity index (χ1n) is 9.99. The van der Waals surface area contributed by atoms with E-state index in [1.165, 1.54) is 25.7 Å². The van der Waals surface area contributed by atoms with Crippen molar-refractivity contribution in [2.45, 2.75) is 46.5 Å². The second-order valence-electron chi connectivity index (χ2n) is 7.76. The van der Waals surface area contributed by atoms with E-state index < -0.39 is 0 Å². The van der Waals surface area contributed by atoms with E-state index in [1.807, 2.05) is 6.92 Å². The van der Waals surface area contributed by atoms with Gasteiger partial charge in [0.15, 0.2) is 5.11 Å². The fourth-order valence-electron chi connectivity index (χ4n) is 3.74. The molecule has 1 atom stereocenters. The van der Waals surface area contributed by atoms with Crippen molar-refractivity contribution in [1.82, 2.24) is 15.3 Å². The van der Waals surface area contributed by atoms with Gasteiger partial charge in [-0.3, -0.25) is 0 Å². The number of nitrogens with one attached hydrogen (secondary N) is 2. The molecular formula is C19H32N6S. The zero-order valence-electron chi connectivity index (χ0n) is 16.3. The maximum atomic E-state index is 5.34. The van der Waals surface area contributed by atoms with Crippen LogP contribution in [0.1, 0.15) is 46.5 Å². The van der Waals surface area contributed by atoms with Crippen LogP contribution in [0, 0.1) is 11.8 Å². The van der Waals surface area contributed by atoms with Gasteiger partial charge in [0.2, 0.25) is 5.95 Å². The molecule has 6 nitrogen and oxygen atoms in total. The third-order valence-electron chi connectivity index (χ3n) is 5.35. The number of aromatic nitrogens is 2. The highest BCUT2D eigenvalue weighted by atomic mass is 32.1. The molecule has 26 heavy (non-hydrogen) atoms. The molecule has 7 heteroatoms. The number of anilines is 3. The van der Waals surface area contributed by atoms with Gasteiger partial charge < -0.3 is 20.4 Å². The lowest BCUT2D eigenvalue weighted by Crippen LogP contribution is -2.37. The minimum atomic E-state index is 0.579. The number of piperidine rings is 2. The van der Waals surface area contributed by atoms with Gasteiger partial charge in [-0.1, -0.05) is 13.8 Å². The molecule has 3 heterocycles. The molecule has 2 fully saturated rings. The Bertz CT molecular complexity index is 614. The maximum Gasteiger partial charge on any atom is 0.232 e. The topological polar surface area (TPSA) is 56.3 Å². The average molecular weight is 377 g/mol. The Kier molecular flexibility index (Phi) is 6.51. The third kappa shape index (κ3) is 4.96. The molecule has 0 radical (unpaired) electrons. The molecule has 0 aliphatic carbocycles. The standard InChI is InChI=1S/C19H32N6S/c1-4-20-19(26)23-18-21-16(24-10-7-14(2)8-11-24)12-17(22-18)25-9-5-6-15(3)13-25/h12,14-15H,4-11,13H2,1-3H3,(H2,20,21,22,23,26)/t15-/m0/s1. The van der Waals surface area contributed by atoms with Crippen LogP contribution in [0.25, 0.3) is 0 Å². The summed E-state index contributed by atoms with van der Waals surface area (Å²) < 4.78 is 0. The van der Waals surface area contributed by atoms with Gasteiger partial charge in [-0.05, 0) is 56.7 Å². The van der Waals surface area contributed by atoms with Crippen molar-refractivity contribution in [3.05, 3.63) is 6.07 Å². The summed E-state index contributed by atoms with van der Waals surface area (Å²) >= 11 is 5.34. The number of hydrogen-bond donors (Lipinski definition) is 2. The van der Waals surface area contributed by atoms with Crippen molar-refractivity contribution < 1.29 is 0 Å². The van der Waals surface area contributed by atoms with Crippen molar-refractivity contribution >= 4 is 34.9 Å². The fourth-order valence-corrected chi connectivity index (χ4v) is 3.98. The van der Waals surface area contributed by atoms with Gasteiger partial charge in [-0.25, -0.2) is 0 Å². The minimum absolute atomic E-state index is 0.579. The summed E-state index contributed by atoms with van der Waals surface area (Å²) in [7, 11) is 0. The number of nitrogens with zero attached hydrogens (tertiary/aromatic N) is 4. The molecule has 2 aliphatic heterocycles. The summed E-state index contributed by atoms with van der Waals surface area (Å²) in [5.41, 5.74) is 0. The van der Waals surface area contributed by atoms with Crippen molar-refractivity contribution in [1.29, 1.82) is 0 Å². The van der Waals surface area contributed by atoms with Gasteiger partial charge in [0.05, 0.1) is 0 Å². The number of rotatable bonds is 4. The Morgan fingerprint density at radius 1 is 1.08 bits per heavy atom. The quantitative estimate of drug-likeness (QED) is 0.782. The largest absolute Gasteiger partial charge is 0.363 e. The van der Waals surface area contributed by atoms with Crippen molar-refractivity contribution in [3.8, 4) is 0 Å². The van der Waals surface area contributed by atoms with E-state index in [9.17, 15) is 0 Å². The third-order valence-corrected chi connectivity index (χ3v) is 5.60. The van der Waals surface area contributed by atoms with Crippen molar-refractivity contribution in [3.63, 3.8) is 0 Å². The van der Waals surface area contributed by atoms with Crippen LogP contribution in [-0.2, 0) is 0 Å². The lowest BCUT2D eigenvalue weighted by atomic mass is 9.99. The Hall–Kier alpha value is -1.63. The lowest BCUT2D eigenvalue weighted by Gasteiger charge is -2.34. The summed E-state index contributed by atoms with van der Waals surface area (Å²) in [5.74, 6) is 4.14. The van der Waals surface area contributed by atoms with Crippen LogP contribution in [0.5, 0.6) is 0 Å². The highest BCUT2D eigenvalue weighted by Crippen LogP contribution is 2.28. The highest BCUT2D eigenvalue weighted by molar-refractivity contribution is 7.80. The normalized spacial score (nSPS) is 21.6. The van der Waals surface area contributed by atoms with Crippen molar-refractivity contribution in [2.75, 3.05) is 47.8 Å². The van der Waals surface area contributed by atoms with Gasteiger partial charge >= 0.3 is 0 Å². The van der Waals surface area contributed by atoms with Crippen LogP contribution in [0.15, 0.2) is 6.07 Å². The molecule has 3 rings (SSSR count). The van der Waals surface area contributed by atoms with E-state index in [0.29, 0.717) is 17.0 Å². The molecule has 0 unspecified atom stereocenters. The monoisotopic (exact) mass is 376 g/mol. The van der Waals surface area contributed by atoms with E-state index in [1.54, 1.807) is 0 Å². The van der Waals surface area contributed by atoms with Crippen molar-refractivity contribution in [2.24, 2.45) is 11.8 Å². The SMILES string of the molecule is CCNC(=S)Nc1nc(N2CCC(C)CC2)cc(N2CCC[C@H](C)C2)n1. The zero-order valence-corrected chi connectivity index (χ0v) is 17.1. The molecule has 0 spiro atoms. The molecule has 0 saturated carbocycles. The summed E-state index contributed by atoms with van der Waals surface area (Å²) in [4.78, 5) is 14.3. The van der Waals surface area contributed by atoms with Crippen LogP contribution < -0.4 is 20.4 Å². The Balaban J connectivity index is 1.84. The first-order chi connectivity index (χ1) is 12.5. The van der Waals surface area contributed by atoms with E-state index in [2.05, 4.69) is 40.3 Å². The Morgan fingerprint density at radius 3 is 2.42 bits per heavy atom. The molecule has 1 aromatic heterocycles. The molecule has 1 aromatic rings. The number of hydrogen-bond acceptors (Lipinski definition) is 5. The zero-order chi connectivity index (χ0) is 18.5. The predicted octanol–water partition coefficient (Wildman–Crippen LogP) is 3.26. The van der Waals surface area contributed by atoms with Crippen LogP contribution in [-0.4, -0.2) is 47.8 Å². The van der Waals surface area contributed by atoms with Gasteiger partial charge in [0.1, 0.15) is 11.6 Å². The van der Waals surface area contributed by atoms with E-state index in [-0.39, 0.29) is 0 Å². The second kappa shape index (κ2) is 8.84. The minimum Gasteiger partial charge on any atom is -0.363 e. The molecule has 2 aliphatic rings. The summed E-state index contributed by atoms with van der Waals surface area (Å²) in [5, 5.41) is 6.86. The average Bonchev–Trinajstić information content (AvgIpc) is 2.62. The predicted molar refractivity (Wildman–Crippen MR) is 113 cm³/mol. The summed E-state index contributed by atoms with van der Waals surface area (Å²) in [6.45, 7) is 11.7. The van der Waals surface area contributed by atoms with E-state index in [4.69, 9.17) is 22.2 Å². The molecular weight excluding hydrogens is 344 g/mol. The summed E-state index contributed by atoms with van der Waals surface area (Å²) in [6.07, 6.45) is 4.96.